The second kappa shape index (κ2) is 4.43. The summed E-state index contributed by atoms with van der Waals surface area (Å²) in [6, 6.07) is 6.22. The Morgan fingerprint density at radius 3 is 2.58 bits per heavy atom. The maximum Gasteiger partial charge on any atom is 0.269 e. The smallest absolute Gasteiger partial charge is 0.261 e. The Kier molecular flexibility index (Phi) is 2.75. The van der Waals surface area contributed by atoms with E-state index in [1.807, 2.05) is 0 Å². The van der Waals surface area contributed by atoms with Gasteiger partial charge in [-0.1, -0.05) is 0 Å². The van der Waals surface area contributed by atoms with E-state index in [4.69, 9.17) is 0 Å². The van der Waals surface area contributed by atoms with E-state index < -0.39 is 4.92 Å². The highest BCUT2D eigenvalue weighted by Gasteiger charge is 2.09. The third kappa shape index (κ3) is 1.97. The number of non-ortho nitro benzene ring substituents is 1. The quantitative estimate of drug-likeness (QED) is 0.537. The molecule has 0 saturated carbocycles. The Hall–Kier alpha value is -2.28. The van der Waals surface area contributed by atoms with Crippen molar-refractivity contribution < 1.29 is 4.92 Å². The van der Waals surface area contributed by atoms with Gasteiger partial charge in [0.15, 0.2) is 0 Å². The molecule has 2 aromatic heterocycles. The van der Waals surface area contributed by atoms with Crippen molar-refractivity contribution >= 4 is 32.5 Å². The minimum absolute atomic E-state index is 0.0551. The molecule has 19 heavy (non-hydrogen) atoms. The molecule has 7 heteroatoms. The molecule has 0 fully saturated rings. The minimum atomic E-state index is -0.427. The van der Waals surface area contributed by atoms with Crippen molar-refractivity contribution in [2.45, 2.75) is 0 Å². The Bertz CT molecular complexity index is 767. The summed E-state index contributed by atoms with van der Waals surface area (Å²) in [5.74, 6) is 0. The van der Waals surface area contributed by atoms with Crippen molar-refractivity contribution in [2.75, 3.05) is 0 Å². The van der Waals surface area contributed by atoms with E-state index in [0.29, 0.717) is 0 Å². The Morgan fingerprint density at radius 1 is 1.16 bits per heavy atom. The third-order valence-corrected chi connectivity index (χ3v) is 3.39. The number of nitrogens with zero attached hydrogens (tertiary/aromatic N) is 4. The molecule has 0 aliphatic carbocycles. The van der Waals surface area contributed by atoms with Crippen molar-refractivity contribution in [3.63, 3.8) is 0 Å². The van der Waals surface area contributed by atoms with Gasteiger partial charge in [0.1, 0.15) is 0 Å². The summed E-state index contributed by atoms with van der Waals surface area (Å²) < 4.78 is 2.55. The number of aromatic nitrogens is 3. The summed E-state index contributed by atoms with van der Waals surface area (Å²) in [6.07, 6.45) is 5.13. The van der Waals surface area contributed by atoms with E-state index in [1.165, 1.54) is 12.1 Å². The lowest BCUT2D eigenvalue weighted by Gasteiger charge is -2.03. The van der Waals surface area contributed by atoms with Gasteiger partial charge < -0.3 is 0 Å². The van der Waals surface area contributed by atoms with Crippen LogP contribution in [0.2, 0.25) is 0 Å². The molecule has 1 aromatic carbocycles. The number of benzene rings is 1. The minimum Gasteiger partial charge on any atom is -0.261 e. The van der Waals surface area contributed by atoms with Crippen LogP contribution in [0.15, 0.2) is 47.3 Å². The second-order valence-electron chi connectivity index (χ2n) is 3.88. The number of halogens is 1. The molecule has 0 aliphatic heterocycles. The van der Waals surface area contributed by atoms with Gasteiger partial charge >= 0.3 is 0 Å². The van der Waals surface area contributed by atoms with Crippen LogP contribution in [0.25, 0.3) is 16.6 Å². The number of pyridine rings is 1. The molecule has 0 saturated heterocycles. The monoisotopic (exact) mass is 318 g/mol. The van der Waals surface area contributed by atoms with Crippen molar-refractivity contribution in [3.8, 4) is 5.69 Å². The first kappa shape index (κ1) is 11.8. The zero-order chi connectivity index (χ0) is 13.4. The summed E-state index contributed by atoms with van der Waals surface area (Å²) in [5, 5.41) is 15.8. The van der Waals surface area contributed by atoms with Crippen molar-refractivity contribution in [3.05, 3.63) is 57.4 Å². The molecular weight excluding hydrogens is 312 g/mol. The van der Waals surface area contributed by atoms with E-state index in [0.717, 1.165) is 21.1 Å². The summed E-state index contributed by atoms with van der Waals surface area (Å²) >= 11 is 3.41. The molecule has 2 heterocycles. The van der Waals surface area contributed by atoms with Crippen LogP contribution < -0.4 is 0 Å². The summed E-state index contributed by atoms with van der Waals surface area (Å²) in [6.45, 7) is 0. The number of fused-ring (bicyclic) bond motifs is 1. The molecule has 0 aliphatic rings. The first-order chi connectivity index (χ1) is 9.16. The van der Waals surface area contributed by atoms with Crippen LogP contribution in [0.5, 0.6) is 0 Å². The van der Waals surface area contributed by atoms with Crippen LogP contribution in [0.3, 0.4) is 0 Å². The number of nitro benzene ring substituents is 1. The van der Waals surface area contributed by atoms with Gasteiger partial charge in [-0.3, -0.25) is 15.1 Å². The molecule has 0 unspecified atom stereocenters. The van der Waals surface area contributed by atoms with Crippen molar-refractivity contribution in [2.24, 2.45) is 0 Å². The maximum atomic E-state index is 10.6. The number of nitro groups is 1. The standard InChI is InChI=1S/C12H7BrN4O2/c13-11-6-14-7-12-10(11)5-15-16(12)8-1-3-9(4-2-8)17(18)19/h1-7H. The highest BCUT2D eigenvalue weighted by Crippen LogP contribution is 2.24. The van der Waals surface area contributed by atoms with Gasteiger partial charge in [0.2, 0.25) is 0 Å². The zero-order valence-electron chi connectivity index (χ0n) is 9.52. The highest BCUT2D eigenvalue weighted by atomic mass is 79.9. The SMILES string of the molecule is O=[N+]([O-])c1ccc(-n2ncc3c(Br)cncc32)cc1. The largest absolute Gasteiger partial charge is 0.269 e. The molecule has 0 bridgehead atoms. The van der Waals surface area contributed by atoms with Crippen LogP contribution in [0.4, 0.5) is 5.69 Å². The van der Waals surface area contributed by atoms with Gasteiger partial charge in [-0.15, -0.1) is 0 Å². The van der Waals surface area contributed by atoms with Crippen LogP contribution in [0, 0.1) is 10.1 Å². The van der Waals surface area contributed by atoms with Crippen LogP contribution in [-0.4, -0.2) is 19.7 Å². The lowest BCUT2D eigenvalue weighted by atomic mass is 10.3. The van der Waals surface area contributed by atoms with Gasteiger partial charge in [0.25, 0.3) is 5.69 Å². The predicted octanol–water partition coefficient (Wildman–Crippen LogP) is 3.09. The molecule has 0 atom stereocenters. The van der Waals surface area contributed by atoms with Crippen LogP contribution in [-0.2, 0) is 0 Å². The topological polar surface area (TPSA) is 73.8 Å². The molecule has 3 rings (SSSR count). The van der Waals surface area contributed by atoms with Crippen LogP contribution >= 0.6 is 15.9 Å². The molecule has 0 spiro atoms. The molecule has 3 aromatic rings. The molecule has 0 amide bonds. The number of hydrogen-bond acceptors (Lipinski definition) is 4. The first-order valence-corrected chi connectivity index (χ1v) is 6.18. The van der Waals surface area contributed by atoms with Gasteiger partial charge in [-0.25, -0.2) is 4.68 Å². The van der Waals surface area contributed by atoms with Crippen molar-refractivity contribution in [1.29, 1.82) is 0 Å². The first-order valence-electron chi connectivity index (χ1n) is 5.39. The van der Waals surface area contributed by atoms with E-state index in [-0.39, 0.29) is 5.69 Å². The van der Waals surface area contributed by atoms with E-state index in [2.05, 4.69) is 26.0 Å². The lowest BCUT2D eigenvalue weighted by Crippen LogP contribution is -1.96. The lowest BCUT2D eigenvalue weighted by molar-refractivity contribution is -0.384. The average molecular weight is 319 g/mol. The highest BCUT2D eigenvalue weighted by molar-refractivity contribution is 9.10. The number of hydrogen-bond donors (Lipinski definition) is 0. The fraction of sp³-hybridized carbons (Fsp3) is 0. The van der Waals surface area contributed by atoms with Gasteiger partial charge in [-0.05, 0) is 28.1 Å². The van der Waals surface area contributed by atoms with Gasteiger partial charge in [0.05, 0.1) is 28.5 Å². The molecule has 0 radical (unpaired) electrons. The Balaban J connectivity index is 2.14. The molecule has 94 valence electrons. The van der Waals surface area contributed by atoms with Gasteiger partial charge in [-0.2, -0.15) is 5.10 Å². The normalized spacial score (nSPS) is 10.8. The predicted molar refractivity (Wildman–Crippen MR) is 73.2 cm³/mol. The maximum absolute atomic E-state index is 10.6. The molecule has 0 N–H and O–H groups in total. The van der Waals surface area contributed by atoms with Crippen LogP contribution in [0.1, 0.15) is 0 Å². The average Bonchev–Trinajstić information content (AvgIpc) is 2.84. The summed E-state index contributed by atoms with van der Waals surface area (Å²) in [7, 11) is 0. The number of rotatable bonds is 2. The fourth-order valence-electron chi connectivity index (χ4n) is 1.83. The zero-order valence-corrected chi connectivity index (χ0v) is 11.1. The fourth-order valence-corrected chi connectivity index (χ4v) is 2.25. The summed E-state index contributed by atoms with van der Waals surface area (Å²) in [4.78, 5) is 14.3. The molecule has 6 nitrogen and oxygen atoms in total. The second-order valence-corrected chi connectivity index (χ2v) is 4.74. The van der Waals surface area contributed by atoms with E-state index in [9.17, 15) is 10.1 Å². The Labute approximate surface area is 116 Å². The molecular formula is C12H7BrN4O2. The summed E-state index contributed by atoms with van der Waals surface area (Å²) in [5.41, 5.74) is 1.64. The van der Waals surface area contributed by atoms with Crippen molar-refractivity contribution in [1.82, 2.24) is 14.8 Å². The van der Waals surface area contributed by atoms with E-state index >= 15 is 0 Å². The Morgan fingerprint density at radius 2 is 1.89 bits per heavy atom. The van der Waals surface area contributed by atoms with E-state index in [1.54, 1.807) is 35.4 Å². The third-order valence-electron chi connectivity index (χ3n) is 2.75. The van der Waals surface area contributed by atoms with Gasteiger partial charge in [0, 0.05) is 28.2 Å².